The summed E-state index contributed by atoms with van der Waals surface area (Å²) in [6.45, 7) is 5.68. The van der Waals surface area contributed by atoms with Crippen LogP contribution in [0.3, 0.4) is 0 Å². The smallest absolute Gasteiger partial charge is 0.159 e. The zero-order chi connectivity index (χ0) is 11.8. The molecule has 1 aromatic carbocycles. The predicted molar refractivity (Wildman–Crippen MR) is 68.3 cm³/mol. The van der Waals surface area contributed by atoms with Gasteiger partial charge in [0, 0.05) is 12.8 Å². The fourth-order valence-corrected chi connectivity index (χ4v) is 1.60. The quantitative estimate of drug-likeness (QED) is 0.521. The van der Waals surface area contributed by atoms with Crippen molar-refractivity contribution in [2.24, 2.45) is 0 Å². The third kappa shape index (κ3) is 3.85. The Balaban J connectivity index is 2.77. The van der Waals surface area contributed by atoms with E-state index < -0.39 is 0 Å². The van der Waals surface area contributed by atoms with Gasteiger partial charge in [-0.2, -0.15) is 0 Å². The monoisotopic (exact) mass is 214 g/mol. The zero-order valence-electron chi connectivity index (χ0n) is 9.78. The molecule has 0 atom stereocenters. The molecule has 1 rings (SSSR count). The van der Waals surface area contributed by atoms with Gasteiger partial charge in [-0.25, -0.2) is 0 Å². The molecule has 0 aliphatic rings. The fraction of sp³-hybridized carbons (Fsp3) is 0.267. The summed E-state index contributed by atoms with van der Waals surface area (Å²) in [6, 6.07) is 10.0. The Morgan fingerprint density at radius 3 is 2.56 bits per heavy atom. The number of hydrogen-bond acceptors (Lipinski definition) is 1. The van der Waals surface area contributed by atoms with Gasteiger partial charge >= 0.3 is 0 Å². The highest BCUT2D eigenvalue weighted by Crippen LogP contribution is 2.11. The summed E-state index contributed by atoms with van der Waals surface area (Å²) in [4.78, 5) is 11.8. The lowest BCUT2D eigenvalue weighted by Crippen LogP contribution is -2.04. The molecule has 0 saturated carbocycles. The van der Waals surface area contributed by atoms with Gasteiger partial charge in [0.15, 0.2) is 5.78 Å². The summed E-state index contributed by atoms with van der Waals surface area (Å²) >= 11 is 0. The maximum absolute atomic E-state index is 11.8. The maximum Gasteiger partial charge on any atom is 0.159 e. The lowest BCUT2D eigenvalue weighted by molar-refractivity contribution is -0.115. The number of carbonyl (C=O) groups is 1. The summed E-state index contributed by atoms with van der Waals surface area (Å²) in [6.07, 6.45) is 5.72. The highest BCUT2D eigenvalue weighted by atomic mass is 16.1. The maximum atomic E-state index is 11.8. The van der Waals surface area contributed by atoms with Crippen molar-refractivity contribution in [3.8, 4) is 0 Å². The molecule has 0 N–H and O–H groups in total. The first-order valence-electron chi connectivity index (χ1n) is 5.66. The molecule has 0 aromatic heterocycles. The van der Waals surface area contributed by atoms with Crippen LogP contribution in [0.1, 0.15) is 25.3 Å². The van der Waals surface area contributed by atoms with Gasteiger partial charge in [-0.3, -0.25) is 4.79 Å². The van der Waals surface area contributed by atoms with Gasteiger partial charge < -0.3 is 0 Å². The van der Waals surface area contributed by atoms with Gasteiger partial charge in [-0.15, -0.1) is 0 Å². The van der Waals surface area contributed by atoms with E-state index in [-0.39, 0.29) is 5.78 Å². The molecule has 1 heteroatoms. The van der Waals surface area contributed by atoms with Crippen LogP contribution >= 0.6 is 0 Å². The normalized spacial score (nSPS) is 11.2. The molecule has 0 saturated heterocycles. The molecule has 0 aliphatic heterocycles. The summed E-state index contributed by atoms with van der Waals surface area (Å²) in [7, 11) is 0. The summed E-state index contributed by atoms with van der Waals surface area (Å²) in [5.74, 6) is 0.228. The minimum atomic E-state index is 0.228. The molecular weight excluding hydrogens is 196 g/mol. The van der Waals surface area contributed by atoms with Crippen LogP contribution in [0.15, 0.2) is 54.6 Å². The predicted octanol–water partition coefficient (Wildman–Crippen LogP) is 3.71. The van der Waals surface area contributed by atoms with E-state index in [1.165, 1.54) is 5.56 Å². The first-order chi connectivity index (χ1) is 7.77. The fourth-order valence-electron chi connectivity index (χ4n) is 1.60. The zero-order valence-corrected chi connectivity index (χ0v) is 9.78. The molecular formula is C15H18O. The Morgan fingerprint density at radius 1 is 1.31 bits per heavy atom. The number of hydrogen-bond donors (Lipinski definition) is 0. The topological polar surface area (TPSA) is 17.1 Å². The molecule has 1 aromatic rings. The number of rotatable bonds is 6. The van der Waals surface area contributed by atoms with Gasteiger partial charge in [0.2, 0.25) is 0 Å². The van der Waals surface area contributed by atoms with Crippen LogP contribution in [-0.4, -0.2) is 5.78 Å². The molecule has 0 fully saturated rings. The van der Waals surface area contributed by atoms with Crippen LogP contribution in [0.2, 0.25) is 0 Å². The number of allylic oxidation sites excluding steroid dienone is 3. The third-order valence-corrected chi connectivity index (χ3v) is 2.39. The molecule has 0 unspecified atom stereocenters. The van der Waals surface area contributed by atoms with Crippen LogP contribution in [-0.2, 0) is 11.2 Å². The molecule has 16 heavy (non-hydrogen) atoms. The van der Waals surface area contributed by atoms with Gasteiger partial charge in [0.05, 0.1) is 0 Å². The molecule has 0 bridgehead atoms. The van der Waals surface area contributed by atoms with Crippen LogP contribution < -0.4 is 0 Å². The van der Waals surface area contributed by atoms with Gasteiger partial charge in [-0.1, -0.05) is 56.0 Å². The minimum absolute atomic E-state index is 0.228. The Hall–Kier alpha value is -1.63. The molecule has 0 spiro atoms. The Kier molecular flexibility index (Phi) is 5.27. The summed E-state index contributed by atoms with van der Waals surface area (Å²) in [5.41, 5.74) is 2.02. The van der Waals surface area contributed by atoms with Gasteiger partial charge in [0.1, 0.15) is 0 Å². The van der Waals surface area contributed by atoms with E-state index in [0.717, 1.165) is 12.0 Å². The lowest BCUT2D eigenvalue weighted by Gasteiger charge is -2.05. The Morgan fingerprint density at radius 2 is 2.00 bits per heavy atom. The minimum Gasteiger partial charge on any atom is -0.295 e. The van der Waals surface area contributed by atoms with Crippen molar-refractivity contribution >= 4 is 5.78 Å². The van der Waals surface area contributed by atoms with Crippen molar-refractivity contribution in [2.75, 3.05) is 0 Å². The summed E-state index contributed by atoms with van der Waals surface area (Å²) < 4.78 is 0. The first kappa shape index (κ1) is 12.4. The second kappa shape index (κ2) is 6.78. The second-order valence-electron chi connectivity index (χ2n) is 3.76. The lowest BCUT2D eigenvalue weighted by atomic mass is 9.99. The van der Waals surface area contributed by atoms with Crippen molar-refractivity contribution < 1.29 is 4.79 Å². The van der Waals surface area contributed by atoms with E-state index in [2.05, 4.69) is 6.58 Å². The molecule has 1 nitrogen and oxygen atoms in total. The summed E-state index contributed by atoms with van der Waals surface area (Å²) in [5, 5.41) is 0. The van der Waals surface area contributed by atoms with E-state index in [4.69, 9.17) is 0 Å². The van der Waals surface area contributed by atoms with Crippen LogP contribution in [0.25, 0.3) is 0 Å². The molecule has 0 amide bonds. The number of ketones is 1. The van der Waals surface area contributed by atoms with E-state index in [0.29, 0.717) is 12.8 Å². The van der Waals surface area contributed by atoms with Crippen molar-refractivity contribution in [3.63, 3.8) is 0 Å². The average Bonchev–Trinajstić information content (AvgIpc) is 2.30. The van der Waals surface area contributed by atoms with E-state index in [1.807, 2.05) is 43.3 Å². The molecule has 0 aliphatic carbocycles. The van der Waals surface area contributed by atoms with E-state index >= 15 is 0 Å². The standard InChI is InChI=1S/C15H18O/c1-3-8-14(15(16)9-4-2)12-13-10-6-5-7-11-13/h3,5-8,10-11H,1,4,9,12H2,2H3. The Bertz CT molecular complexity index is 374. The highest BCUT2D eigenvalue weighted by molar-refractivity contribution is 5.95. The van der Waals surface area contributed by atoms with Crippen LogP contribution in [0.4, 0.5) is 0 Å². The number of carbonyl (C=O) groups excluding carboxylic acids is 1. The molecule has 0 heterocycles. The van der Waals surface area contributed by atoms with Gasteiger partial charge in [0.25, 0.3) is 0 Å². The van der Waals surface area contributed by atoms with Crippen LogP contribution in [0, 0.1) is 0 Å². The largest absolute Gasteiger partial charge is 0.295 e. The Labute approximate surface area is 97.5 Å². The highest BCUT2D eigenvalue weighted by Gasteiger charge is 2.08. The van der Waals surface area contributed by atoms with E-state index in [9.17, 15) is 4.79 Å². The number of Topliss-reactive ketones (excluding diaryl/α,β-unsaturated/α-hetero) is 1. The van der Waals surface area contributed by atoms with Crippen LogP contribution in [0.5, 0.6) is 0 Å². The van der Waals surface area contributed by atoms with E-state index in [1.54, 1.807) is 6.08 Å². The van der Waals surface area contributed by atoms with Crippen molar-refractivity contribution in [1.82, 2.24) is 0 Å². The molecule has 84 valence electrons. The first-order valence-corrected chi connectivity index (χ1v) is 5.66. The van der Waals surface area contributed by atoms with Gasteiger partial charge in [-0.05, 0) is 17.6 Å². The average molecular weight is 214 g/mol. The third-order valence-electron chi connectivity index (χ3n) is 2.39. The molecule has 0 radical (unpaired) electrons. The van der Waals surface area contributed by atoms with Crippen molar-refractivity contribution in [3.05, 3.63) is 60.2 Å². The van der Waals surface area contributed by atoms with Crippen molar-refractivity contribution in [2.45, 2.75) is 26.2 Å². The van der Waals surface area contributed by atoms with Crippen molar-refractivity contribution in [1.29, 1.82) is 0 Å². The number of benzene rings is 1. The second-order valence-corrected chi connectivity index (χ2v) is 3.76. The SMILES string of the molecule is C=CC=C(Cc1ccccc1)C(=O)CCC.